The highest BCUT2D eigenvalue weighted by molar-refractivity contribution is 4.77. The summed E-state index contributed by atoms with van der Waals surface area (Å²) < 4.78 is 35.1. The van der Waals surface area contributed by atoms with Crippen LogP contribution in [0.1, 0.15) is 0 Å². The monoisotopic (exact) mass is 182 g/mol. The molecule has 0 aromatic rings. The van der Waals surface area contributed by atoms with Gasteiger partial charge in [-0.05, 0) is 7.05 Å². The third-order valence-corrected chi connectivity index (χ3v) is 1.20. The van der Waals surface area contributed by atoms with Gasteiger partial charge in [-0.2, -0.15) is 18.4 Å². The lowest BCUT2D eigenvalue weighted by Crippen LogP contribution is -2.39. The van der Waals surface area contributed by atoms with E-state index in [1.807, 2.05) is 0 Å². The Bertz CT molecular complexity index is 175. The lowest BCUT2D eigenvalue weighted by Gasteiger charge is -2.19. The number of hydrogen-bond acceptors (Lipinski definition) is 3. The Kier molecular flexibility index (Phi) is 4.00. The minimum absolute atomic E-state index is 0.132. The van der Waals surface area contributed by atoms with Gasteiger partial charge in [-0.3, -0.25) is 4.90 Å². The lowest BCUT2D eigenvalue weighted by atomic mass is 10.3. The average molecular weight is 182 g/mol. The fourth-order valence-electron chi connectivity index (χ4n) is 0.584. The number of aliphatic hydroxyl groups is 1. The summed E-state index contributed by atoms with van der Waals surface area (Å²) in [5.74, 6) is 0. The Morgan fingerprint density at radius 2 is 2.08 bits per heavy atom. The van der Waals surface area contributed by atoms with Crippen LogP contribution in [0.4, 0.5) is 13.2 Å². The maximum Gasteiger partial charge on any atom is 0.415 e. The number of hydrogen-bond donors (Lipinski definition) is 1. The van der Waals surface area contributed by atoms with Gasteiger partial charge in [-0.1, -0.05) is 0 Å². The van der Waals surface area contributed by atoms with Crippen LogP contribution in [0.2, 0.25) is 0 Å². The van der Waals surface area contributed by atoms with Gasteiger partial charge in [0.1, 0.15) is 0 Å². The molecule has 0 saturated heterocycles. The smallest absolute Gasteiger partial charge is 0.382 e. The quantitative estimate of drug-likeness (QED) is 0.641. The Hall–Kier alpha value is -0.800. The van der Waals surface area contributed by atoms with Gasteiger partial charge < -0.3 is 5.11 Å². The zero-order chi connectivity index (χ0) is 9.78. The van der Waals surface area contributed by atoms with E-state index in [9.17, 15) is 13.2 Å². The first-order chi connectivity index (χ1) is 5.38. The number of nitrogens with zero attached hydrogens (tertiary/aromatic N) is 2. The number of alkyl halides is 3. The number of halogens is 3. The largest absolute Gasteiger partial charge is 0.415 e. The molecule has 0 amide bonds. The molecule has 0 saturated carbocycles. The van der Waals surface area contributed by atoms with Crippen molar-refractivity contribution in [1.29, 1.82) is 5.26 Å². The van der Waals surface area contributed by atoms with Crippen molar-refractivity contribution in [3.63, 3.8) is 0 Å². The molecule has 0 rings (SSSR count). The minimum atomic E-state index is -4.61. The summed E-state index contributed by atoms with van der Waals surface area (Å²) in [6.07, 6.45) is -6.99. The Morgan fingerprint density at radius 1 is 1.58 bits per heavy atom. The molecule has 0 spiro atoms. The summed E-state index contributed by atoms with van der Waals surface area (Å²) in [6, 6.07) is 1.67. The maximum atomic E-state index is 11.7. The molecule has 6 heteroatoms. The topological polar surface area (TPSA) is 47.3 Å². The third kappa shape index (κ3) is 4.16. The van der Waals surface area contributed by atoms with E-state index in [-0.39, 0.29) is 6.54 Å². The van der Waals surface area contributed by atoms with Gasteiger partial charge in [-0.15, -0.1) is 0 Å². The molecular weight excluding hydrogens is 173 g/mol. The first kappa shape index (κ1) is 11.2. The minimum Gasteiger partial charge on any atom is -0.382 e. The van der Waals surface area contributed by atoms with Crippen molar-refractivity contribution in [1.82, 2.24) is 4.90 Å². The summed E-state index contributed by atoms with van der Waals surface area (Å²) in [4.78, 5) is 1.10. The molecule has 0 fully saturated rings. The number of aliphatic hydroxyl groups excluding tert-OH is 1. The first-order valence-corrected chi connectivity index (χ1v) is 3.18. The fourth-order valence-corrected chi connectivity index (χ4v) is 0.584. The SMILES string of the molecule is CN(CC#N)CC(O)C(F)(F)F. The van der Waals surface area contributed by atoms with Gasteiger partial charge in [-0.25, -0.2) is 0 Å². The fraction of sp³-hybridized carbons (Fsp3) is 0.833. The predicted octanol–water partition coefficient (Wildman–Crippen LogP) is 0.365. The highest BCUT2D eigenvalue weighted by Crippen LogP contribution is 2.20. The van der Waals surface area contributed by atoms with E-state index >= 15 is 0 Å². The molecule has 0 aliphatic carbocycles. The Morgan fingerprint density at radius 3 is 2.42 bits per heavy atom. The summed E-state index contributed by atoms with van der Waals surface area (Å²) in [6.45, 7) is -0.704. The van der Waals surface area contributed by atoms with Crippen molar-refractivity contribution >= 4 is 0 Å². The standard InChI is InChI=1S/C6H9F3N2O/c1-11(3-2-10)4-5(12)6(7,8)9/h5,12H,3-4H2,1H3. The Labute approximate surface area is 68.0 Å². The number of rotatable bonds is 3. The summed E-state index contributed by atoms with van der Waals surface area (Å²) in [5, 5.41) is 16.6. The van der Waals surface area contributed by atoms with Gasteiger partial charge in [0.25, 0.3) is 0 Å². The van der Waals surface area contributed by atoms with Gasteiger partial charge in [0, 0.05) is 6.54 Å². The van der Waals surface area contributed by atoms with E-state index in [0.29, 0.717) is 0 Å². The lowest BCUT2D eigenvalue weighted by molar-refractivity contribution is -0.207. The van der Waals surface area contributed by atoms with E-state index < -0.39 is 18.8 Å². The molecule has 0 aromatic carbocycles. The van der Waals surface area contributed by atoms with Crippen LogP contribution in [-0.2, 0) is 0 Å². The molecule has 1 N–H and O–H groups in total. The molecule has 0 bridgehead atoms. The predicted molar refractivity (Wildman–Crippen MR) is 35.2 cm³/mol. The van der Waals surface area contributed by atoms with Crippen LogP contribution in [0.25, 0.3) is 0 Å². The molecule has 70 valence electrons. The molecule has 0 aromatic heterocycles. The normalized spacial score (nSPS) is 14.4. The molecule has 1 atom stereocenters. The van der Waals surface area contributed by atoms with Crippen molar-refractivity contribution in [3.05, 3.63) is 0 Å². The van der Waals surface area contributed by atoms with Gasteiger partial charge in [0.15, 0.2) is 6.10 Å². The number of nitriles is 1. The van der Waals surface area contributed by atoms with E-state index in [0.717, 1.165) is 4.90 Å². The first-order valence-electron chi connectivity index (χ1n) is 3.18. The van der Waals surface area contributed by atoms with Crippen LogP contribution in [0, 0.1) is 11.3 Å². The molecule has 0 radical (unpaired) electrons. The van der Waals surface area contributed by atoms with E-state index in [1.165, 1.54) is 7.05 Å². The van der Waals surface area contributed by atoms with Crippen LogP contribution in [-0.4, -0.2) is 42.4 Å². The Balaban J connectivity index is 3.86. The second kappa shape index (κ2) is 4.28. The van der Waals surface area contributed by atoms with E-state index in [2.05, 4.69) is 0 Å². The van der Waals surface area contributed by atoms with Gasteiger partial charge >= 0.3 is 6.18 Å². The van der Waals surface area contributed by atoms with Crippen molar-refractivity contribution < 1.29 is 18.3 Å². The molecule has 1 unspecified atom stereocenters. The second-order valence-corrected chi connectivity index (χ2v) is 2.41. The van der Waals surface area contributed by atoms with Crippen LogP contribution in [0.3, 0.4) is 0 Å². The molecule has 12 heavy (non-hydrogen) atoms. The van der Waals surface area contributed by atoms with Crippen LogP contribution < -0.4 is 0 Å². The van der Waals surface area contributed by atoms with Crippen LogP contribution in [0.5, 0.6) is 0 Å². The average Bonchev–Trinajstić information content (AvgIpc) is 1.85. The third-order valence-electron chi connectivity index (χ3n) is 1.20. The maximum absolute atomic E-state index is 11.7. The van der Waals surface area contributed by atoms with Gasteiger partial charge in [0.05, 0.1) is 12.6 Å². The number of likely N-dealkylation sites (N-methyl/N-ethyl adjacent to an activating group) is 1. The van der Waals surface area contributed by atoms with E-state index in [4.69, 9.17) is 10.4 Å². The summed E-state index contributed by atoms with van der Waals surface area (Å²) >= 11 is 0. The van der Waals surface area contributed by atoms with Crippen molar-refractivity contribution in [2.45, 2.75) is 12.3 Å². The molecule has 0 aliphatic heterocycles. The molecule has 3 nitrogen and oxygen atoms in total. The van der Waals surface area contributed by atoms with Crippen LogP contribution in [0.15, 0.2) is 0 Å². The molecule has 0 heterocycles. The second-order valence-electron chi connectivity index (χ2n) is 2.41. The van der Waals surface area contributed by atoms with Crippen LogP contribution >= 0.6 is 0 Å². The summed E-state index contributed by atoms with van der Waals surface area (Å²) in [5.41, 5.74) is 0. The van der Waals surface area contributed by atoms with Crippen molar-refractivity contribution in [2.24, 2.45) is 0 Å². The highest BCUT2D eigenvalue weighted by Gasteiger charge is 2.38. The summed E-state index contributed by atoms with van der Waals surface area (Å²) in [7, 11) is 1.33. The highest BCUT2D eigenvalue weighted by atomic mass is 19.4. The molecule has 0 aliphatic rings. The zero-order valence-electron chi connectivity index (χ0n) is 6.47. The van der Waals surface area contributed by atoms with Crippen molar-refractivity contribution in [2.75, 3.05) is 20.1 Å². The van der Waals surface area contributed by atoms with E-state index in [1.54, 1.807) is 6.07 Å². The van der Waals surface area contributed by atoms with Crippen molar-refractivity contribution in [3.8, 4) is 6.07 Å². The van der Waals surface area contributed by atoms with Gasteiger partial charge in [0.2, 0.25) is 0 Å². The zero-order valence-corrected chi connectivity index (χ0v) is 6.47. The molecular formula is C6H9F3N2O.